The van der Waals surface area contributed by atoms with Crippen LogP contribution in [0.4, 0.5) is 0 Å². The Balaban J connectivity index is 1.65. The zero-order chi connectivity index (χ0) is 31.7. The van der Waals surface area contributed by atoms with Gasteiger partial charge in [-0.2, -0.15) is 4.67 Å². The molecule has 0 spiro atoms. The monoisotopic (exact) mass is 634 g/mol. The molecule has 2 aliphatic rings. The minimum absolute atomic E-state index is 0.00360. The topological polar surface area (TPSA) is 173 Å². The van der Waals surface area contributed by atoms with Gasteiger partial charge in [0, 0.05) is 13.0 Å². The summed E-state index contributed by atoms with van der Waals surface area (Å²) in [7, 11) is -3.09. The van der Waals surface area contributed by atoms with Gasteiger partial charge < -0.3 is 39.4 Å². The summed E-state index contributed by atoms with van der Waals surface area (Å²) in [5.74, 6) is -0.559. The number of hydrogen-bond acceptors (Lipinski definition) is 11. The van der Waals surface area contributed by atoms with Gasteiger partial charge in [-0.1, -0.05) is 36.4 Å². The third kappa shape index (κ3) is 8.24. The zero-order valence-electron chi connectivity index (χ0n) is 24.4. The maximum atomic E-state index is 14.9. The minimum Gasteiger partial charge on any atom is -0.497 e. The van der Waals surface area contributed by atoms with Crippen LogP contribution in [0, 0.1) is 0 Å². The molecule has 0 bridgehead atoms. The zero-order valence-corrected chi connectivity index (χ0v) is 25.3. The van der Waals surface area contributed by atoms with Crippen molar-refractivity contribution in [2.45, 2.75) is 69.0 Å². The first-order valence-corrected chi connectivity index (χ1v) is 15.8. The summed E-state index contributed by atoms with van der Waals surface area (Å²) in [6.45, 7) is 2.98. The summed E-state index contributed by atoms with van der Waals surface area (Å²) >= 11 is 0. The van der Waals surface area contributed by atoms with Crippen molar-refractivity contribution in [3.05, 3.63) is 72.8 Å². The van der Waals surface area contributed by atoms with Crippen LogP contribution in [0.25, 0.3) is 0 Å². The summed E-state index contributed by atoms with van der Waals surface area (Å²) < 4.78 is 44.2. The third-order valence-electron chi connectivity index (χ3n) is 7.35. The molecule has 2 aromatic carbocycles. The lowest BCUT2D eigenvalue weighted by Gasteiger charge is -2.44. The summed E-state index contributed by atoms with van der Waals surface area (Å²) in [5, 5.41) is 34.3. The number of allylic oxidation sites excluding steroid dienone is 1. The van der Waals surface area contributed by atoms with Crippen molar-refractivity contribution in [3.8, 4) is 11.5 Å². The predicted molar refractivity (Wildman–Crippen MR) is 157 cm³/mol. The number of carbonyl (C=O) groups excluding carboxylic acids is 2. The first-order chi connectivity index (χ1) is 21.2. The Hall–Kier alpha value is -3.29. The molecule has 0 radical (unpaired) electrons. The quantitative estimate of drug-likeness (QED) is 0.136. The Bertz CT molecular complexity index is 1300. The number of amides is 1. The molecule has 2 fully saturated rings. The number of hydrogen-bond donors (Lipinski definition) is 4. The fourth-order valence-corrected chi connectivity index (χ4v) is 7.18. The molecular formula is C30H39N2O11P. The van der Waals surface area contributed by atoms with Gasteiger partial charge >= 0.3 is 13.7 Å². The number of aliphatic hydroxyl groups excluding tert-OH is 3. The molecule has 1 amide bonds. The summed E-state index contributed by atoms with van der Waals surface area (Å²) in [6.07, 6.45) is -3.70. The van der Waals surface area contributed by atoms with E-state index in [0.717, 1.165) is 5.56 Å². The van der Waals surface area contributed by atoms with Crippen LogP contribution < -0.4 is 14.6 Å². The number of carbonyl (C=O) groups is 2. The highest BCUT2D eigenvalue weighted by Crippen LogP contribution is 2.57. The molecule has 14 heteroatoms. The van der Waals surface area contributed by atoms with Crippen LogP contribution in [0.15, 0.2) is 67.3 Å². The van der Waals surface area contributed by atoms with Crippen LogP contribution in [0.2, 0.25) is 0 Å². The Labute approximate surface area is 255 Å². The molecule has 0 aliphatic carbocycles. The van der Waals surface area contributed by atoms with Crippen molar-refractivity contribution in [1.29, 1.82) is 0 Å². The number of rotatable bonds is 14. The van der Waals surface area contributed by atoms with Gasteiger partial charge in [0.05, 0.1) is 13.7 Å². The van der Waals surface area contributed by atoms with Crippen molar-refractivity contribution in [3.63, 3.8) is 0 Å². The predicted octanol–water partition coefficient (Wildman–Crippen LogP) is 2.30. The second-order valence-corrected chi connectivity index (χ2v) is 12.2. The van der Waals surface area contributed by atoms with E-state index in [-0.39, 0.29) is 31.7 Å². The minimum atomic E-state index is -4.57. The average molecular weight is 635 g/mol. The molecule has 2 aliphatic heterocycles. The van der Waals surface area contributed by atoms with E-state index in [2.05, 4.69) is 11.9 Å². The maximum absolute atomic E-state index is 14.9. The highest BCUT2D eigenvalue weighted by Gasteiger charge is 2.54. The Kier molecular flexibility index (Phi) is 11.9. The number of esters is 1. The second kappa shape index (κ2) is 15.6. The standard InChI is InChI=1S/C30H39N2O11P/c1-3-4-12-25(34)31-26-28(27(35)24(18-33)41-30(26)37)43-44(38,42-22-15-13-21(39-2)14-16-22)32-17-8-11-23(32)29(36)40-19-20-9-6-5-7-10-20/h3,5-7,9-10,13-16,23-24,26-28,30,33,35,37H,1,4,8,11-12,17-19H2,2H3,(H,31,34)/t23?,24-,26-,27-,28+,30+,44?/m1/s1. The van der Waals surface area contributed by atoms with Gasteiger partial charge in [0.2, 0.25) is 5.91 Å². The molecule has 2 unspecified atom stereocenters. The SMILES string of the molecule is C=CCCC(=O)N[C@@H]1[C@H](OP(=O)(Oc2ccc(OC)cc2)N2CCCC2C(=O)OCc2ccccc2)[C@H](O)[C@@H](CO)O[C@@H]1O. The fourth-order valence-electron chi connectivity index (χ4n) is 5.02. The number of ether oxygens (including phenoxy) is 3. The van der Waals surface area contributed by atoms with E-state index in [9.17, 15) is 29.5 Å². The van der Waals surface area contributed by atoms with Gasteiger partial charge in [0.15, 0.2) is 6.29 Å². The van der Waals surface area contributed by atoms with Gasteiger partial charge in [-0.3, -0.25) is 14.1 Å². The lowest BCUT2D eigenvalue weighted by atomic mass is 9.97. The second-order valence-electron chi connectivity index (χ2n) is 10.4. The van der Waals surface area contributed by atoms with Gasteiger partial charge in [-0.25, -0.2) is 4.57 Å². The number of nitrogens with zero attached hydrogens (tertiary/aromatic N) is 1. The first-order valence-electron chi connectivity index (χ1n) is 14.3. The van der Waals surface area contributed by atoms with Crippen molar-refractivity contribution in [2.24, 2.45) is 0 Å². The van der Waals surface area contributed by atoms with Crippen LogP contribution >= 0.6 is 7.75 Å². The van der Waals surface area contributed by atoms with Crippen LogP contribution in [0.5, 0.6) is 11.5 Å². The molecule has 2 aromatic rings. The van der Waals surface area contributed by atoms with Crippen LogP contribution in [-0.4, -0.2) is 88.8 Å². The smallest absolute Gasteiger partial charge is 0.462 e. The Morgan fingerprint density at radius 2 is 1.84 bits per heavy atom. The first kappa shape index (κ1) is 33.6. The molecule has 0 saturated carbocycles. The van der Waals surface area contributed by atoms with Gasteiger partial charge in [0.25, 0.3) is 0 Å². The van der Waals surface area contributed by atoms with Crippen molar-refractivity contribution in [2.75, 3.05) is 20.3 Å². The molecule has 2 saturated heterocycles. The van der Waals surface area contributed by atoms with E-state index < -0.39 is 62.9 Å². The third-order valence-corrected chi connectivity index (χ3v) is 9.41. The molecule has 13 nitrogen and oxygen atoms in total. The van der Waals surface area contributed by atoms with Crippen molar-refractivity contribution in [1.82, 2.24) is 9.99 Å². The van der Waals surface area contributed by atoms with E-state index in [4.69, 9.17) is 23.3 Å². The van der Waals surface area contributed by atoms with Gasteiger partial charge in [0.1, 0.15) is 48.5 Å². The van der Waals surface area contributed by atoms with Crippen molar-refractivity contribution >= 4 is 19.6 Å². The molecule has 240 valence electrons. The number of aliphatic hydroxyl groups is 3. The molecule has 4 N–H and O–H groups in total. The van der Waals surface area contributed by atoms with E-state index in [1.165, 1.54) is 23.9 Å². The summed E-state index contributed by atoms with van der Waals surface area (Å²) in [6, 6.07) is 12.8. The summed E-state index contributed by atoms with van der Waals surface area (Å²) in [4.78, 5) is 25.9. The van der Waals surface area contributed by atoms with E-state index in [1.54, 1.807) is 30.3 Å². The van der Waals surface area contributed by atoms with E-state index >= 15 is 0 Å². The number of nitrogens with one attached hydrogen (secondary N) is 1. The maximum Gasteiger partial charge on any atom is 0.462 e. The van der Waals surface area contributed by atoms with Crippen LogP contribution in [0.3, 0.4) is 0 Å². The summed E-state index contributed by atoms with van der Waals surface area (Å²) in [5.41, 5.74) is 0.767. The van der Waals surface area contributed by atoms with Crippen LogP contribution in [-0.2, 0) is 34.8 Å². The molecule has 2 heterocycles. The van der Waals surface area contributed by atoms with Gasteiger partial charge in [-0.15, -0.1) is 6.58 Å². The van der Waals surface area contributed by atoms with E-state index in [1.807, 2.05) is 18.2 Å². The van der Waals surface area contributed by atoms with Crippen molar-refractivity contribution < 1.29 is 52.7 Å². The Morgan fingerprint density at radius 3 is 2.50 bits per heavy atom. The molecule has 44 heavy (non-hydrogen) atoms. The van der Waals surface area contributed by atoms with Crippen LogP contribution in [0.1, 0.15) is 31.2 Å². The molecular weight excluding hydrogens is 595 g/mol. The molecule has 7 atom stereocenters. The normalized spacial score (nSPS) is 26.7. The molecule has 4 rings (SSSR count). The fraction of sp³-hybridized carbons (Fsp3) is 0.467. The Morgan fingerprint density at radius 1 is 1.14 bits per heavy atom. The lowest BCUT2D eigenvalue weighted by molar-refractivity contribution is -0.250. The largest absolute Gasteiger partial charge is 0.497 e. The van der Waals surface area contributed by atoms with E-state index in [0.29, 0.717) is 18.6 Å². The average Bonchev–Trinajstić information content (AvgIpc) is 3.54. The highest BCUT2D eigenvalue weighted by atomic mass is 31.2. The highest BCUT2D eigenvalue weighted by molar-refractivity contribution is 7.51. The number of methoxy groups -OCH3 is 1. The van der Waals surface area contributed by atoms with Gasteiger partial charge in [-0.05, 0) is 49.1 Å². The molecule has 0 aromatic heterocycles. The number of benzene rings is 2. The lowest BCUT2D eigenvalue weighted by Crippen LogP contribution is -2.65.